The van der Waals surface area contributed by atoms with Crippen molar-refractivity contribution in [3.63, 3.8) is 0 Å². The zero-order valence-electron chi connectivity index (χ0n) is 34.8. The third-order valence-corrected chi connectivity index (χ3v) is 13.3. The average molecular weight is 802 g/mol. The molecule has 0 radical (unpaired) electrons. The standard InChI is InChI=1S/C62H43N/c1-5-17-42(18-6-1)43-29-33-48(34-30-43)63(50-37-38-51(44-19-7-2-8-20-44)58(41-50)46-23-11-4-12-24-46)49-35-31-47(32-36-49)53-40-39-52(45-21-9-3-10-22-45)61-59-54-25-13-15-27-56(54)60(62(53)61)57-28-16-14-26-55(57)59/h1-41,59-60H. The Labute approximate surface area is 369 Å². The maximum atomic E-state index is 2.40. The summed E-state index contributed by atoms with van der Waals surface area (Å²) in [6, 6.07) is 91.4. The van der Waals surface area contributed by atoms with E-state index in [0.717, 1.165) is 17.1 Å². The molecule has 0 fully saturated rings. The van der Waals surface area contributed by atoms with Gasteiger partial charge in [-0.1, -0.05) is 212 Å². The number of hydrogen-bond acceptors (Lipinski definition) is 1. The summed E-state index contributed by atoms with van der Waals surface area (Å²) in [6.45, 7) is 0. The van der Waals surface area contributed by atoms with Crippen LogP contribution in [0.5, 0.6) is 0 Å². The van der Waals surface area contributed by atoms with Crippen LogP contribution in [0.3, 0.4) is 0 Å². The van der Waals surface area contributed by atoms with E-state index in [-0.39, 0.29) is 11.8 Å². The van der Waals surface area contributed by atoms with Crippen LogP contribution >= 0.6 is 0 Å². The Morgan fingerprint density at radius 3 is 0.968 bits per heavy atom. The molecule has 0 saturated carbocycles. The molecule has 63 heavy (non-hydrogen) atoms. The lowest BCUT2D eigenvalue weighted by Gasteiger charge is -2.44. The predicted molar refractivity (Wildman–Crippen MR) is 263 cm³/mol. The Morgan fingerprint density at radius 2 is 0.524 bits per heavy atom. The van der Waals surface area contributed by atoms with Gasteiger partial charge in [0.15, 0.2) is 0 Å². The first-order valence-corrected chi connectivity index (χ1v) is 22.0. The van der Waals surface area contributed by atoms with E-state index >= 15 is 0 Å². The number of nitrogens with zero attached hydrogens (tertiary/aromatic N) is 1. The zero-order chi connectivity index (χ0) is 41.7. The van der Waals surface area contributed by atoms with Crippen molar-refractivity contribution in [1.82, 2.24) is 0 Å². The highest BCUT2D eigenvalue weighted by Crippen LogP contribution is 2.60. The largest absolute Gasteiger partial charge is 0.310 e. The molecule has 1 heteroatoms. The van der Waals surface area contributed by atoms with Crippen molar-refractivity contribution in [1.29, 1.82) is 0 Å². The van der Waals surface area contributed by atoms with Gasteiger partial charge in [0.1, 0.15) is 0 Å². The van der Waals surface area contributed by atoms with Crippen molar-refractivity contribution in [3.8, 4) is 55.6 Å². The molecule has 0 unspecified atom stereocenters. The predicted octanol–water partition coefficient (Wildman–Crippen LogP) is 16.5. The minimum absolute atomic E-state index is 0.148. The van der Waals surface area contributed by atoms with Gasteiger partial charge in [-0.25, -0.2) is 0 Å². The smallest absolute Gasteiger partial charge is 0.0468 e. The number of benzene rings is 10. The molecule has 13 rings (SSSR count). The van der Waals surface area contributed by atoms with Gasteiger partial charge in [-0.2, -0.15) is 0 Å². The molecule has 1 nitrogen and oxygen atoms in total. The molecule has 0 N–H and O–H groups in total. The van der Waals surface area contributed by atoms with Gasteiger partial charge in [-0.15, -0.1) is 0 Å². The molecular weight excluding hydrogens is 759 g/mol. The molecule has 0 atom stereocenters. The molecule has 296 valence electrons. The molecule has 0 amide bonds. The molecule has 10 aromatic carbocycles. The molecule has 10 aromatic rings. The highest BCUT2D eigenvalue weighted by atomic mass is 15.1. The van der Waals surface area contributed by atoms with Crippen LogP contribution in [0.1, 0.15) is 45.2 Å². The van der Waals surface area contributed by atoms with Crippen molar-refractivity contribution >= 4 is 17.1 Å². The van der Waals surface area contributed by atoms with Gasteiger partial charge in [0.25, 0.3) is 0 Å². The quantitative estimate of drug-likeness (QED) is 0.148. The van der Waals surface area contributed by atoms with Crippen LogP contribution in [-0.2, 0) is 0 Å². The summed E-state index contributed by atoms with van der Waals surface area (Å²) >= 11 is 0. The zero-order valence-corrected chi connectivity index (χ0v) is 34.8. The molecule has 0 spiro atoms. The molecule has 2 bridgehead atoms. The van der Waals surface area contributed by atoms with Crippen LogP contribution in [0.25, 0.3) is 55.6 Å². The third-order valence-electron chi connectivity index (χ3n) is 13.3. The number of anilines is 3. The van der Waals surface area contributed by atoms with Gasteiger partial charge in [0.2, 0.25) is 0 Å². The Bertz CT molecular complexity index is 3200. The minimum atomic E-state index is 0.148. The summed E-state index contributed by atoms with van der Waals surface area (Å²) in [5.74, 6) is 0.314. The Hall–Kier alpha value is -8.00. The minimum Gasteiger partial charge on any atom is -0.310 e. The van der Waals surface area contributed by atoms with Crippen molar-refractivity contribution in [2.45, 2.75) is 11.8 Å². The lowest BCUT2D eigenvalue weighted by molar-refractivity contribution is 0.757. The second-order valence-corrected chi connectivity index (χ2v) is 16.7. The first kappa shape index (κ1) is 36.8. The fourth-order valence-corrected chi connectivity index (χ4v) is 10.5. The van der Waals surface area contributed by atoms with E-state index in [1.165, 1.54) is 89.0 Å². The molecule has 0 aromatic heterocycles. The summed E-state index contributed by atoms with van der Waals surface area (Å²) in [5.41, 5.74) is 24.2. The van der Waals surface area contributed by atoms with E-state index < -0.39 is 0 Å². The van der Waals surface area contributed by atoms with E-state index in [2.05, 4.69) is 254 Å². The topological polar surface area (TPSA) is 3.24 Å². The van der Waals surface area contributed by atoms with Gasteiger partial charge in [0.05, 0.1) is 0 Å². The van der Waals surface area contributed by atoms with Crippen LogP contribution in [-0.4, -0.2) is 0 Å². The molecule has 3 aliphatic carbocycles. The van der Waals surface area contributed by atoms with E-state index in [4.69, 9.17) is 0 Å². The average Bonchev–Trinajstić information content (AvgIpc) is 3.37. The van der Waals surface area contributed by atoms with Gasteiger partial charge in [0, 0.05) is 28.9 Å². The van der Waals surface area contributed by atoms with Gasteiger partial charge >= 0.3 is 0 Å². The van der Waals surface area contributed by atoms with E-state index in [1.807, 2.05) is 0 Å². The van der Waals surface area contributed by atoms with E-state index in [1.54, 1.807) is 0 Å². The van der Waals surface area contributed by atoms with Gasteiger partial charge < -0.3 is 4.90 Å². The SMILES string of the molecule is c1ccc(-c2ccc(N(c3ccc(-c4ccc(-c5ccccc5)c5c4C4c6ccccc6C5c5ccccc54)cc3)c3ccc(-c4ccccc4)c(-c4ccccc4)c3)cc2)cc1. The monoisotopic (exact) mass is 801 g/mol. The second kappa shape index (κ2) is 15.5. The summed E-state index contributed by atoms with van der Waals surface area (Å²) in [7, 11) is 0. The Kier molecular flexibility index (Phi) is 9.04. The van der Waals surface area contributed by atoms with Crippen molar-refractivity contribution < 1.29 is 0 Å². The fourth-order valence-electron chi connectivity index (χ4n) is 10.5. The lowest BCUT2D eigenvalue weighted by atomic mass is 9.58. The van der Waals surface area contributed by atoms with Gasteiger partial charge in [-0.3, -0.25) is 0 Å². The van der Waals surface area contributed by atoms with Crippen LogP contribution in [0.4, 0.5) is 17.1 Å². The van der Waals surface area contributed by atoms with E-state index in [9.17, 15) is 0 Å². The normalized spacial score (nSPS) is 14.3. The Morgan fingerprint density at radius 1 is 0.222 bits per heavy atom. The van der Waals surface area contributed by atoms with Crippen LogP contribution in [0, 0.1) is 0 Å². The van der Waals surface area contributed by atoms with Crippen LogP contribution in [0.2, 0.25) is 0 Å². The summed E-state index contributed by atoms with van der Waals surface area (Å²) < 4.78 is 0. The van der Waals surface area contributed by atoms with E-state index in [0.29, 0.717) is 0 Å². The molecule has 3 aliphatic rings. The van der Waals surface area contributed by atoms with Gasteiger partial charge in [-0.05, 0) is 125 Å². The maximum absolute atomic E-state index is 2.40. The molecular formula is C62H43N. The first-order chi connectivity index (χ1) is 31.3. The summed E-state index contributed by atoms with van der Waals surface area (Å²) in [4.78, 5) is 2.40. The molecule has 0 aliphatic heterocycles. The van der Waals surface area contributed by atoms with Crippen molar-refractivity contribution in [2.24, 2.45) is 0 Å². The van der Waals surface area contributed by atoms with Crippen molar-refractivity contribution in [3.05, 3.63) is 282 Å². The maximum Gasteiger partial charge on any atom is 0.0468 e. The first-order valence-electron chi connectivity index (χ1n) is 22.0. The van der Waals surface area contributed by atoms with Crippen LogP contribution in [0.15, 0.2) is 249 Å². The van der Waals surface area contributed by atoms with Crippen LogP contribution < -0.4 is 4.90 Å². The number of rotatable bonds is 8. The fraction of sp³-hybridized carbons (Fsp3) is 0.0323. The summed E-state index contributed by atoms with van der Waals surface area (Å²) in [5, 5.41) is 0. The lowest BCUT2D eigenvalue weighted by Crippen LogP contribution is -2.28. The molecule has 0 saturated heterocycles. The molecule has 0 heterocycles. The highest BCUT2D eigenvalue weighted by molar-refractivity contribution is 5.90. The summed E-state index contributed by atoms with van der Waals surface area (Å²) in [6.07, 6.45) is 0. The Balaban J connectivity index is 1.02. The highest BCUT2D eigenvalue weighted by Gasteiger charge is 2.43. The second-order valence-electron chi connectivity index (χ2n) is 16.7. The van der Waals surface area contributed by atoms with Crippen molar-refractivity contribution in [2.75, 3.05) is 4.90 Å². The third kappa shape index (κ3) is 6.32. The number of hydrogen-bond donors (Lipinski definition) is 0.